The van der Waals surface area contributed by atoms with Crippen molar-refractivity contribution in [2.75, 3.05) is 0 Å². The molecule has 1 atom stereocenters. The van der Waals surface area contributed by atoms with Crippen LogP contribution in [0.2, 0.25) is 0 Å². The Bertz CT molecular complexity index is 496. The van der Waals surface area contributed by atoms with Gasteiger partial charge in [-0.2, -0.15) is 0 Å². The number of alkyl halides is 1. The minimum Gasteiger partial charge on any atom is -0.464 e. The van der Waals surface area contributed by atoms with Gasteiger partial charge in [-0.1, -0.05) is 38.1 Å². The number of hydrogen-bond donors (Lipinski definition) is 0. The van der Waals surface area contributed by atoms with Crippen LogP contribution in [0.1, 0.15) is 41.9 Å². The van der Waals surface area contributed by atoms with Crippen molar-refractivity contribution in [3.05, 3.63) is 59.0 Å². The van der Waals surface area contributed by atoms with Crippen molar-refractivity contribution in [3.8, 4) is 0 Å². The Morgan fingerprint density at radius 1 is 1.06 bits per heavy atom. The predicted molar refractivity (Wildman–Crippen MR) is 76.1 cm³/mol. The van der Waals surface area contributed by atoms with Gasteiger partial charge >= 0.3 is 0 Å². The second kappa shape index (κ2) is 5.62. The first kappa shape index (κ1) is 13.2. The smallest absolute Gasteiger partial charge is 0.126 e. The van der Waals surface area contributed by atoms with E-state index in [1.165, 1.54) is 5.56 Å². The van der Waals surface area contributed by atoms with Crippen molar-refractivity contribution in [1.82, 2.24) is 0 Å². The van der Waals surface area contributed by atoms with Crippen molar-refractivity contribution < 1.29 is 4.42 Å². The Hall–Kier alpha value is -1.21. The van der Waals surface area contributed by atoms with E-state index in [0.717, 1.165) is 23.5 Å². The van der Waals surface area contributed by atoms with Crippen LogP contribution in [-0.4, -0.2) is 0 Å². The molecule has 1 unspecified atom stereocenters. The van der Waals surface area contributed by atoms with Gasteiger partial charge in [0.25, 0.3) is 0 Å². The summed E-state index contributed by atoms with van der Waals surface area (Å²) < 4.78 is 5.56. The molecule has 0 N–H and O–H groups in total. The normalized spacial score (nSPS) is 12.9. The number of furan rings is 1. The van der Waals surface area contributed by atoms with E-state index in [9.17, 15) is 0 Å². The minimum atomic E-state index is -0.202. The zero-order valence-corrected chi connectivity index (χ0v) is 11.9. The molecule has 2 aromatic rings. The van der Waals surface area contributed by atoms with Gasteiger partial charge in [-0.05, 0) is 42.5 Å². The van der Waals surface area contributed by atoms with Crippen LogP contribution in [0.5, 0.6) is 0 Å². The summed E-state index contributed by atoms with van der Waals surface area (Å²) >= 11 is 6.41. The fourth-order valence-electron chi connectivity index (χ4n) is 2.05. The molecule has 0 spiro atoms. The molecule has 0 saturated carbocycles. The molecule has 2 rings (SSSR count). The molecule has 1 aromatic heterocycles. The number of rotatable bonds is 4. The average molecular weight is 263 g/mol. The summed E-state index contributed by atoms with van der Waals surface area (Å²) in [5, 5.41) is -0.202. The van der Waals surface area contributed by atoms with Gasteiger partial charge < -0.3 is 4.42 Å². The van der Waals surface area contributed by atoms with Crippen LogP contribution in [-0.2, 0) is 6.42 Å². The van der Waals surface area contributed by atoms with Gasteiger partial charge in [0.2, 0.25) is 0 Å². The van der Waals surface area contributed by atoms with Gasteiger partial charge in [0.05, 0.1) is 0 Å². The Labute approximate surface area is 114 Å². The zero-order chi connectivity index (χ0) is 13.1. The van der Waals surface area contributed by atoms with E-state index in [-0.39, 0.29) is 5.38 Å². The topological polar surface area (TPSA) is 13.1 Å². The first-order valence-corrected chi connectivity index (χ1v) is 6.79. The third-order valence-corrected chi connectivity index (χ3v) is 3.39. The van der Waals surface area contributed by atoms with Gasteiger partial charge in [-0.3, -0.25) is 0 Å². The molecule has 1 aromatic carbocycles. The molecule has 1 heterocycles. The summed E-state index contributed by atoms with van der Waals surface area (Å²) in [6.45, 7) is 6.38. The standard InChI is InChI=1S/C16H19ClO/c1-11(2)10-13-5-7-14(8-6-13)16(17)15-9-4-12(3)18-15/h4-9,11,16H,10H2,1-3H3. The molecule has 0 aliphatic heterocycles. The molecular formula is C16H19ClO. The Balaban J connectivity index is 2.14. The highest BCUT2D eigenvalue weighted by atomic mass is 35.5. The molecule has 18 heavy (non-hydrogen) atoms. The van der Waals surface area contributed by atoms with Crippen molar-refractivity contribution >= 4 is 11.6 Å². The first-order chi connectivity index (χ1) is 8.56. The van der Waals surface area contributed by atoms with Crippen molar-refractivity contribution in [2.24, 2.45) is 5.92 Å². The Morgan fingerprint density at radius 2 is 1.72 bits per heavy atom. The number of hydrogen-bond acceptors (Lipinski definition) is 1. The van der Waals surface area contributed by atoms with Crippen molar-refractivity contribution in [2.45, 2.75) is 32.6 Å². The van der Waals surface area contributed by atoms with Crippen LogP contribution in [0.15, 0.2) is 40.8 Å². The summed E-state index contributed by atoms with van der Waals surface area (Å²) in [6, 6.07) is 12.4. The summed E-state index contributed by atoms with van der Waals surface area (Å²) in [5.41, 5.74) is 2.44. The number of benzene rings is 1. The van der Waals surface area contributed by atoms with Crippen LogP contribution in [0, 0.1) is 12.8 Å². The van der Waals surface area contributed by atoms with E-state index < -0.39 is 0 Å². The maximum Gasteiger partial charge on any atom is 0.126 e. The van der Waals surface area contributed by atoms with Crippen LogP contribution in [0.4, 0.5) is 0 Å². The average Bonchev–Trinajstić information content (AvgIpc) is 2.75. The lowest BCUT2D eigenvalue weighted by atomic mass is 10.0. The van der Waals surface area contributed by atoms with E-state index in [1.54, 1.807) is 0 Å². The second-order valence-electron chi connectivity index (χ2n) is 5.15. The lowest BCUT2D eigenvalue weighted by Gasteiger charge is -2.09. The zero-order valence-electron chi connectivity index (χ0n) is 11.1. The monoisotopic (exact) mass is 262 g/mol. The highest BCUT2D eigenvalue weighted by molar-refractivity contribution is 6.22. The molecular weight excluding hydrogens is 244 g/mol. The number of halogens is 1. The third kappa shape index (κ3) is 3.17. The summed E-state index contributed by atoms with van der Waals surface area (Å²) in [6.07, 6.45) is 1.10. The third-order valence-electron chi connectivity index (χ3n) is 2.93. The van der Waals surface area contributed by atoms with E-state index >= 15 is 0 Å². The predicted octanol–water partition coefficient (Wildman–Crippen LogP) is 5.11. The van der Waals surface area contributed by atoms with Crippen LogP contribution in [0.3, 0.4) is 0 Å². The van der Waals surface area contributed by atoms with E-state index in [4.69, 9.17) is 16.0 Å². The van der Waals surface area contributed by atoms with Gasteiger partial charge in [-0.15, -0.1) is 11.6 Å². The highest BCUT2D eigenvalue weighted by Gasteiger charge is 2.14. The Morgan fingerprint density at radius 3 is 2.22 bits per heavy atom. The summed E-state index contributed by atoms with van der Waals surface area (Å²) in [7, 11) is 0. The molecule has 0 amide bonds. The fraction of sp³-hybridized carbons (Fsp3) is 0.375. The van der Waals surface area contributed by atoms with Crippen LogP contribution in [0.25, 0.3) is 0 Å². The van der Waals surface area contributed by atoms with E-state index in [2.05, 4.69) is 38.1 Å². The summed E-state index contributed by atoms with van der Waals surface area (Å²) in [4.78, 5) is 0. The van der Waals surface area contributed by atoms with Gasteiger partial charge in [0.1, 0.15) is 16.9 Å². The lowest BCUT2D eigenvalue weighted by molar-refractivity contribution is 0.489. The Kier molecular flexibility index (Phi) is 4.13. The molecule has 1 nitrogen and oxygen atoms in total. The molecule has 0 aliphatic carbocycles. The van der Waals surface area contributed by atoms with Crippen LogP contribution >= 0.6 is 11.6 Å². The van der Waals surface area contributed by atoms with Gasteiger partial charge in [0.15, 0.2) is 0 Å². The molecule has 2 heteroatoms. The maximum atomic E-state index is 6.41. The molecule has 0 radical (unpaired) electrons. The maximum absolute atomic E-state index is 6.41. The quantitative estimate of drug-likeness (QED) is 0.698. The fourth-order valence-corrected chi connectivity index (χ4v) is 2.31. The van der Waals surface area contributed by atoms with Crippen molar-refractivity contribution in [1.29, 1.82) is 0 Å². The minimum absolute atomic E-state index is 0.202. The molecule has 0 fully saturated rings. The molecule has 0 bridgehead atoms. The summed E-state index contributed by atoms with van der Waals surface area (Å²) in [5.74, 6) is 2.38. The molecule has 0 saturated heterocycles. The first-order valence-electron chi connectivity index (χ1n) is 6.35. The van der Waals surface area contributed by atoms with Crippen molar-refractivity contribution in [3.63, 3.8) is 0 Å². The molecule has 96 valence electrons. The SMILES string of the molecule is Cc1ccc(C(Cl)c2ccc(CC(C)C)cc2)o1. The second-order valence-corrected chi connectivity index (χ2v) is 5.59. The van der Waals surface area contributed by atoms with Gasteiger partial charge in [0, 0.05) is 0 Å². The molecule has 0 aliphatic rings. The number of aryl methyl sites for hydroxylation is 1. The highest BCUT2D eigenvalue weighted by Crippen LogP contribution is 2.30. The van der Waals surface area contributed by atoms with Gasteiger partial charge in [-0.25, -0.2) is 0 Å². The largest absolute Gasteiger partial charge is 0.464 e. The lowest BCUT2D eigenvalue weighted by Crippen LogP contribution is -1.96. The van der Waals surface area contributed by atoms with E-state index in [0.29, 0.717) is 5.92 Å². The van der Waals surface area contributed by atoms with E-state index in [1.807, 2.05) is 19.1 Å². The van der Waals surface area contributed by atoms with Crippen LogP contribution < -0.4 is 0 Å².